The van der Waals surface area contributed by atoms with Crippen molar-refractivity contribution in [2.45, 2.75) is 18.2 Å². The number of anilines is 1. The molecule has 1 rings (SSSR count). The van der Waals surface area contributed by atoms with Gasteiger partial charge >= 0.3 is 0 Å². The molecule has 0 atom stereocenters. The molecule has 0 aliphatic rings. The third-order valence-electron chi connectivity index (χ3n) is 2.19. The van der Waals surface area contributed by atoms with Crippen LogP contribution in [-0.2, 0) is 10.0 Å². The lowest BCUT2D eigenvalue weighted by Crippen LogP contribution is -2.24. The Morgan fingerprint density at radius 2 is 1.94 bits per heavy atom. The molecule has 18 heavy (non-hydrogen) atoms. The van der Waals surface area contributed by atoms with Crippen LogP contribution in [0, 0.1) is 0 Å². The summed E-state index contributed by atoms with van der Waals surface area (Å²) in [4.78, 5) is 0.256. The Morgan fingerprint density at radius 3 is 2.44 bits per heavy atom. The highest BCUT2D eigenvalue weighted by molar-refractivity contribution is 7.89. The van der Waals surface area contributed by atoms with Crippen LogP contribution in [0.3, 0.4) is 0 Å². The molecular weight excluding hydrogens is 272 g/mol. The largest absolute Gasteiger partial charge is 0.380 e. The van der Waals surface area contributed by atoms with Gasteiger partial charge in [0, 0.05) is 17.3 Å². The maximum Gasteiger partial charge on any atom is 0.240 e. The van der Waals surface area contributed by atoms with Crippen molar-refractivity contribution in [1.29, 1.82) is 0 Å². The summed E-state index contributed by atoms with van der Waals surface area (Å²) in [5.41, 5.74) is 0.797. The van der Waals surface area contributed by atoms with E-state index in [0.29, 0.717) is 18.1 Å². The fourth-order valence-electron chi connectivity index (χ4n) is 1.27. The zero-order valence-corrected chi connectivity index (χ0v) is 11.8. The molecule has 0 aliphatic carbocycles. The molecule has 0 radical (unpaired) electrons. The van der Waals surface area contributed by atoms with Crippen LogP contribution < -0.4 is 10.0 Å². The van der Waals surface area contributed by atoms with E-state index in [9.17, 15) is 8.42 Å². The van der Waals surface area contributed by atoms with Gasteiger partial charge in [-0.05, 0) is 30.7 Å². The molecule has 0 aliphatic heterocycles. The minimum absolute atomic E-state index is 0.256. The Balaban J connectivity index is 2.73. The minimum atomic E-state index is -3.39. The molecule has 100 valence electrons. The number of hydrogen-bond donors (Lipinski definition) is 2. The molecule has 0 spiro atoms. The molecule has 2 N–H and O–H groups in total. The highest BCUT2D eigenvalue weighted by Crippen LogP contribution is 2.14. The molecular formula is C12H17ClN2O2S. The van der Waals surface area contributed by atoms with Crippen LogP contribution >= 0.6 is 11.6 Å². The lowest BCUT2D eigenvalue weighted by molar-refractivity contribution is 0.581. The van der Waals surface area contributed by atoms with Crippen LogP contribution in [0.1, 0.15) is 13.3 Å². The maximum atomic E-state index is 11.8. The van der Waals surface area contributed by atoms with Crippen molar-refractivity contribution in [3.63, 3.8) is 0 Å². The molecule has 6 heteroatoms. The molecule has 4 nitrogen and oxygen atoms in total. The Labute approximate surface area is 113 Å². The van der Waals surface area contributed by atoms with E-state index in [0.717, 1.165) is 12.1 Å². The quantitative estimate of drug-likeness (QED) is 0.811. The molecule has 0 saturated carbocycles. The molecule has 1 aromatic carbocycles. The first-order valence-electron chi connectivity index (χ1n) is 5.62. The van der Waals surface area contributed by atoms with Crippen molar-refractivity contribution in [2.24, 2.45) is 0 Å². The number of benzene rings is 1. The van der Waals surface area contributed by atoms with Crippen molar-refractivity contribution in [2.75, 3.05) is 18.4 Å². The average Bonchev–Trinajstić information content (AvgIpc) is 2.34. The van der Waals surface area contributed by atoms with Crippen LogP contribution in [0.4, 0.5) is 5.69 Å². The summed E-state index contributed by atoms with van der Waals surface area (Å²) in [6.45, 7) is 6.35. The fraction of sp³-hybridized carbons (Fsp3) is 0.333. The Bertz CT molecular complexity index is 497. The molecule has 0 aromatic heterocycles. The molecule has 1 aromatic rings. The van der Waals surface area contributed by atoms with E-state index in [1.54, 1.807) is 24.3 Å². The van der Waals surface area contributed by atoms with Crippen molar-refractivity contribution in [3.8, 4) is 0 Å². The monoisotopic (exact) mass is 288 g/mol. The van der Waals surface area contributed by atoms with Gasteiger partial charge in [0.05, 0.1) is 11.4 Å². The van der Waals surface area contributed by atoms with Gasteiger partial charge in [-0.2, -0.15) is 0 Å². The zero-order chi connectivity index (χ0) is 13.6. The topological polar surface area (TPSA) is 58.2 Å². The van der Waals surface area contributed by atoms with Gasteiger partial charge in [0.15, 0.2) is 0 Å². The first-order chi connectivity index (χ1) is 8.45. The summed E-state index contributed by atoms with van der Waals surface area (Å²) in [6.07, 6.45) is 0.761. The lowest BCUT2D eigenvalue weighted by Gasteiger charge is -2.08. The molecule has 0 heterocycles. The van der Waals surface area contributed by atoms with Crippen molar-refractivity contribution in [3.05, 3.63) is 35.9 Å². The molecule has 0 fully saturated rings. The second-order valence-corrected chi connectivity index (χ2v) is 6.09. The Kier molecular flexibility index (Phi) is 5.65. The first kappa shape index (κ1) is 15.0. The third-order valence-corrected chi connectivity index (χ3v) is 3.80. The number of nitrogens with one attached hydrogen (secondary N) is 2. The highest BCUT2D eigenvalue weighted by Gasteiger charge is 2.12. The lowest BCUT2D eigenvalue weighted by atomic mass is 10.3. The van der Waals surface area contributed by atoms with Crippen LogP contribution in [0.25, 0.3) is 0 Å². The van der Waals surface area contributed by atoms with E-state index in [1.807, 2.05) is 6.92 Å². The number of sulfonamides is 1. The van der Waals surface area contributed by atoms with Gasteiger partial charge in [-0.3, -0.25) is 0 Å². The van der Waals surface area contributed by atoms with Gasteiger partial charge in [-0.15, -0.1) is 0 Å². The zero-order valence-electron chi connectivity index (χ0n) is 10.2. The Hall–Kier alpha value is -1.04. The van der Waals surface area contributed by atoms with Crippen LogP contribution in [0.2, 0.25) is 0 Å². The van der Waals surface area contributed by atoms with Crippen LogP contribution in [0.5, 0.6) is 0 Å². The number of rotatable bonds is 7. The van der Waals surface area contributed by atoms with E-state index < -0.39 is 10.0 Å². The number of hydrogen-bond acceptors (Lipinski definition) is 3. The third kappa shape index (κ3) is 4.68. The van der Waals surface area contributed by atoms with Gasteiger partial charge in [-0.1, -0.05) is 25.1 Å². The van der Waals surface area contributed by atoms with Crippen molar-refractivity contribution < 1.29 is 8.42 Å². The second-order valence-electron chi connectivity index (χ2n) is 3.79. The molecule has 0 amide bonds. The normalized spacial score (nSPS) is 11.2. The fourth-order valence-corrected chi connectivity index (χ4v) is 2.47. The standard InChI is InChI=1S/C12H17ClN2O2S/c1-3-8-15-18(16,17)12-6-4-11(5-7-12)14-9-10(2)13/h4-7,14-15H,2-3,8-9H2,1H3. The molecule has 0 unspecified atom stereocenters. The van der Waals surface area contributed by atoms with Gasteiger partial charge in [0.25, 0.3) is 0 Å². The van der Waals surface area contributed by atoms with E-state index in [1.165, 1.54) is 0 Å². The van der Waals surface area contributed by atoms with Crippen LogP contribution in [-0.4, -0.2) is 21.5 Å². The summed E-state index contributed by atoms with van der Waals surface area (Å²) in [5.74, 6) is 0. The Morgan fingerprint density at radius 1 is 1.33 bits per heavy atom. The smallest absolute Gasteiger partial charge is 0.240 e. The second kappa shape index (κ2) is 6.78. The first-order valence-corrected chi connectivity index (χ1v) is 7.48. The minimum Gasteiger partial charge on any atom is -0.380 e. The van der Waals surface area contributed by atoms with E-state index in [-0.39, 0.29) is 4.90 Å². The maximum absolute atomic E-state index is 11.8. The van der Waals surface area contributed by atoms with Gasteiger partial charge < -0.3 is 5.32 Å². The van der Waals surface area contributed by atoms with Crippen molar-refractivity contribution >= 4 is 27.3 Å². The van der Waals surface area contributed by atoms with Gasteiger partial charge in [0.2, 0.25) is 10.0 Å². The number of halogens is 1. The van der Waals surface area contributed by atoms with Gasteiger partial charge in [0.1, 0.15) is 0 Å². The summed E-state index contributed by atoms with van der Waals surface area (Å²) >= 11 is 5.63. The average molecular weight is 289 g/mol. The molecule has 0 bridgehead atoms. The summed E-state index contributed by atoms with van der Waals surface area (Å²) in [5, 5.41) is 3.52. The van der Waals surface area contributed by atoms with E-state index in [4.69, 9.17) is 11.6 Å². The molecule has 0 saturated heterocycles. The van der Waals surface area contributed by atoms with E-state index >= 15 is 0 Å². The van der Waals surface area contributed by atoms with Gasteiger partial charge in [-0.25, -0.2) is 13.1 Å². The van der Waals surface area contributed by atoms with Crippen molar-refractivity contribution in [1.82, 2.24) is 4.72 Å². The predicted molar refractivity (Wildman–Crippen MR) is 75.4 cm³/mol. The summed E-state index contributed by atoms with van der Waals surface area (Å²) in [7, 11) is -3.39. The van der Waals surface area contributed by atoms with E-state index in [2.05, 4.69) is 16.6 Å². The summed E-state index contributed by atoms with van der Waals surface area (Å²) in [6, 6.07) is 6.50. The highest BCUT2D eigenvalue weighted by atomic mass is 35.5. The van der Waals surface area contributed by atoms with Crippen LogP contribution in [0.15, 0.2) is 40.8 Å². The summed E-state index contributed by atoms with van der Waals surface area (Å²) < 4.78 is 26.1. The SMILES string of the molecule is C=C(Cl)CNc1ccc(S(=O)(=O)NCCC)cc1. The predicted octanol–water partition coefficient (Wildman–Crippen LogP) is 2.54.